The standard InChI is InChI=1S/C22H18ClF4N3O3/c1-28-11-13(21(32)33)20(31)12-10-15(24)19(17(18(12)28)22(25,26)27)30-8-6-29(7-9-30)16-5-3-2-4-14(16)23/h2-5,10-11H,6-9H2,1H3,(H,32,33). The Labute approximate surface area is 190 Å². The lowest BCUT2D eigenvalue weighted by Gasteiger charge is -2.39. The number of benzene rings is 2. The van der Waals surface area contributed by atoms with E-state index in [1.54, 1.807) is 24.3 Å². The molecule has 0 amide bonds. The summed E-state index contributed by atoms with van der Waals surface area (Å²) in [6, 6.07) is 7.76. The Kier molecular flexibility index (Phi) is 5.73. The number of nitrogens with zero attached hydrogens (tertiary/aromatic N) is 3. The van der Waals surface area contributed by atoms with Crippen molar-refractivity contribution in [2.45, 2.75) is 6.18 Å². The van der Waals surface area contributed by atoms with Crippen molar-refractivity contribution >= 4 is 39.8 Å². The Morgan fingerprint density at radius 3 is 2.27 bits per heavy atom. The van der Waals surface area contributed by atoms with Crippen molar-refractivity contribution in [1.29, 1.82) is 0 Å². The summed E-state index contributed by atoms with van der Waals surface area (Å²) in [5.41, 5.74) is -3.71. The highest BCUT2D eigenvalue weighted by atomic mass is 35.5. The van der Waals surface area contributed by atoms with Gasteiger partial charge in [-0.05, 0) is 18.2 Å². The normalized spacial score (nSPS) is 14.7. The van der Waals surface area contributed by atoms with Crippen molar-refractivity contribution in [2.24, 2.45) is 7.05 Å². The highest BCUT2D eigenvalue weighted by Gasteiger charge is 2.41. The SMILES string of the molecule is Cn1cc(C(=O)O)c(=O)c2cc(F)c(N3CCN(c4ccccc4Cl)CC3)c(C(F)(F)F)c21. The summed E-state index contributed by atoms with van der Waals surface area (Å²) in [6.45, 7) is 0.764. The van der Waals surface area contributed by atoms with Crippen LogP contribution in [0.5, 0.6) is 0 Å². The van der Waals surface area contributed by atoms with Gasteiger partial charge in [0.25, 0.3) is 0 Å². The van der Waals surface area contributed by atoms with Crippen LogP contribution in [0.3, 0.4) is 0 Å². The number of fused-ring (bicyclic) bond motifs is 1. The van der Waals surface area contributed by atoms with Crippen LogP contribution in [0, 0.1) is 5.82 Å². The fourth-order valence-corrected chi connectivity index (χ4v) is 4.50. The number of carbonyl (C=O) groups is 1. The first kappa shape index (κ1) is 22.9. The predicted molar refractivity (Wildman–Crippen MR) is 117 cm³/mol. The molecular weight excluding hydrogens is 466 g/mol. The second kappa shape index (κ2) is 8.26. The van der Waals surface area contributed by atoms with E-state index in [9.17, 15) is 27.9 Å². The van der Waals surface area contributed by atoms with Gasteiger partial charge in [0, 0.05) is 39.4 Å². The van der Waals surface area contributed by atoms with Gasteiger partial charge in [0.15, 0.2) is 0 Å². The Morgan fingerprint density at radius 2 is 1.70 bits per heavy atom. The summed E-state index contributed by atoms with van der Waals surface area (Å²) in [6.07, 6.45) is -4.18. The molecule has 1 saturated heterocycles. The van der Waals surface area contributed by atoms with Crippen LogP contribution in [-0.2, 0) is 13.2 Å². The maximum absolute atomic E-state index is 15.2. The van der Waals surface area contributed by atoms with E-state index in [1.165, 1.54) is 11.9 Å². The molecule has 2 aromatic carbocycles. The van der Waals surface area contributed by atoms with Crippen molar-refractivity contribution in [2.75, 3.05) is 36.0 Å². The summed E-state index contributed by atoms with van der Waals surface area (Å²) >= 11 is 6.22. The van der Waals surface area contributed by atoms with Gasteiger partial charge in [0.2, 0.25) is 5.43 Å². The first-order valence-corrected chi connectivity index (χ1v) is 10.3. The van der Waals surface area contributed by atoms with Crippen LogP contribution >= 0.6 is 11.6 Å². The van der Waals surface area contributed by atoms with E-state index in [-0.39, 0.29) is 13.1 Å². The maximum atomic E-state index is 15.2. The lowest BCUT2D eigenvalue weighted by Crippen LogP contribution is -2.47. The highest BCUT2D eigenvalue weighted by Crippen LogP contribution is 2.43. The second-order valence-electron chi connectivity index (χ2n) is 7.69. The molecule has 1 aliphatic heterocycles. The quantitative estimate of drug-likeness (QED) is 0.560. The van der Waals surface area contributed by atoms with E-state index in [0.29, 0.717) is 24.2 Å². The number of aryl methyl sites for hydroxylation is 1. The van der Waals surface area contributed by atoms with Crippen molar-refractivity contribution in [1.82, 2.24) is 4.57 Å². The number of anilines is 2. The highest BCUT2D eigenvalue weighted by molar-refractivity contribution is 6.33. The van der Waals surface area contributed by atoms with Gasteiger partial charge in [0.1, 0.15) is 16.9 Å². The van der Waals surface area contributed by atoms with Crippen LogP contribution in [0.25, 0.3) is 10.9 Å². The number of para-hydroxylation sites is 1. The van der Waals surface area contributed by atoms with E-state index >= 15 is 4.39 Å². The molecule has 1 aromatic heterocycles. The third-order valence-electron chi connectivity index (χ3n) is 5.69. The molecule has 0 atom stereocenters. The van der Waals surface area contributed by atoms with Crippen LogP contribution in [0.15, 0.2) is 41.3 Å². The van der Waals surface area contributed by atoms with Crippen molar-refractivity contribution in [3.63, 3.8) is 0 Å². The van der Waals surface area contributed by atoms with Gasteiger partial charge in [-0.2, -0.15) is 13.2 Å². The van der Waals surface area contributed by atoms with Gasteiger partial charge in [-0.15, -0.1) is 0 Å². The van der Waals surface area contributed by atoms with E-state index < -0.39 is 51.1 Å². The minimum absolute atomic E-state index is 0.0812. The molecule has 0 radical (unpaired) electrons. The average Bonchev–Trinajstić information content (AvgIpc) is 2.75. The number of piperazine rings is 1. The topological polar surface area (TPSA) is 65.8 Å². The molecule has 6 nitrogen and oxygen atoms in total. The number of alkyl halides is 3. The maximum Gasteiger partial charge on any atom is 0.420 e. The lowest BCUT2D eigenvalue weighted by atomic mass is 10.0. The van der Waals surface area contributed by atoms with Gasteiger partial charge in [-0.3, -0.25) is 4.79 Å². The zero-order valence-corrected chi connectivity index (χ0v) is 18.0. The summed E-state index contributed by atoms with van der Waals surface area (Å²) < 4.78 is 58.7. The molecule has 0 bridgehead atoms. The molecule has 3 aromatic rings. The van der Waals surface area contributed by atoms with Gasteiger partial charge < -0.3 is 19.5 Å². The van der Waals surface area contributed by atoms with Crippen LogP contribution in [0.2, 0.25) is 5.02 Å². The molecule has 1 N–H and O–H groups in total. The molecule has 174 valence electrons. The number of aromatic nitrogens is 1. The van der Waals surface area contributed by atoms with Gasteiger partial charge in [-0.1, -0.05) is 23.7 Å². The molecule has 33 heavy (non-hydrogen) atoms. The molecule has 0 saturated carbocycles. The third kappa shape index (κ3) is 3.99. The van der Waals surface area contributed by atoms with E-state index in [0.717, 1.165) is 16.5 Å². The molecule has 1 fully saturated rings. The lowest BCUT2D eigenvalue weighted by molar-refractivity contribution is -0.136. The molecule has 4 rings (SSSR count). The van der Waals surface area contributed by atoms with Crippen molar-refractivity contribution in [3.05, 3.63) is 68.7 Å². The van der Waals surface area contributed by atoms with E-state index in [4.69, 9.17) is 11.6 Å². The predicted octanol–water partition coefficient (Wildman–Crippen LogP) is 4.37. The van der Waals surface area contributed by atoms with Crippen LogP contribution in [0.1, 0.15) is 15.9 Å². The number of carboxylic acid groups (broad SMARTS) is 1. The molecular formula is C22H18ClF4N3O3. The second-order valence-corrected chi connectivity index (χ2v) is 8.10. The molecule has 2 heterocycles. The van der Waals surface area contributed by atoms with E-state index in [2.05, 4.69) is 0 Å². The monoisotopic (exact) mass is 483 g/mol. The fourth-order valence-electron chi connectivity index (χ4n) is 4.24. The van der Waals surface area contributed by atoms with Crippen LogP contribution < -0.4 is 15.2 Å². The zero-order valence-electron chi connectivity index (χ0n) is 17.3. The number of halogens is 5. The van der Waals surface area contributed by atoms with Crippen molar-refractivity contribution in [3.8, 4) is 0 Å². The number of aromatic carboxylic acids is 1. The molecule has 0 aliphatic carbocycles. The largest absolute Gasteiger partial charge is 0.477 e. The number of rotatable bonds is 3. The summed E-state index contributed by atoms with van der Waals surface area (Å²) in [5.74, 6) is -2.84. The Hall–Kier alpha value is -3.27. The number of hydrogen-bond acceptors (Lipinski definition) is 4. The number of carboxylic acids is 1. The molecule has 0 spiro atoms. The van der Waals surface area contributed by atoms with Gasteiger partial charge in [0.05, 0.1) is 27.3 Å². The minimum atomic E-state index is -5.00. The Balaban J connectivity index is 1.83. The van der Waals surface area contributed by atoms with Gasteiger partial charge >= 0.3 is 12.1 Å². The fraction of sp³-hybridized carbons (Fsp3) is 0.273. The first-order chi connectivity index (χ1) is 15.5. The number of hydrogen-bond donors (Lipinski definition) is 1. The zero-order chi connectivity index (χ0) is 24.1. The first-order valence-electron chi connectivity index (χ1n) is 9.91. The Bertz CT molecular complexity index is 1310. The minimum Gasteiger partial charge on any atom is -0.477 e. The average molecular weight is 484 g/mol. The molecule has 11 heteroatoms. The Morgan fingerprint density at radius 1 is 1.09 bits per heavy atom. The van der Waals surface area contributed by atoms with Gasteiger partial charge in [-0.25, -0.2) is 9.18 Å². The van der Waals surface area contributed by atoms with Crippen molar-refractivity contribution < 1.29 is 27.5 Å². The molecule has 1 aliphatic rings. The smallest absolute Gasteiger partial charge is 0.420 e. The number of pyridine rings is 1. The molecule has 0 unspecified atom stereocenters. The van der Waals surface area contributed by atoms with E-state index in [1.807, 2.05) is 4.90 Å². The third-order valence-corrected chi connectivity index (χ3v) is 6.01. The summed E-state index contributed by atoms with van der Waals surface area (Å²) in [7, 11) is 1.19. The summed E-state index contributed by atoms with van der Waals surface area (Å²) in [5, 5.41) is 9.06. The van der Waals surface area contributed by atoms with Crippen LogP contribution in [0.4, 0.5) is 28.9 Å². The summed E-state index contributed by atoms with van der Waals surface area (Å²) in [4.78, 5) is 27.0. The van der Waals surface area contributed by atoms with Crippen LogP contribution in [-0.4, -0.2) is 41.8 Å².